The van der Waals surface area contributed by atoms with E-state index in [4.69, 9.17) is 6.57 Å². The molecule has 100 valence electrons. The van der Waals surface area contributed by atoms with Crippen LogP contribution in [-0.4, -0.2) is 35.0 Å². The van der Waals surface area contributed by atoms with Crippen LogP contribution >= 0.6 is 0 Å². The Morgan fingerprint density at radius 2 is 2.05 bits per heavy atom. The number of aliphatic hydroxyl groups excluding tert-OH is 2. The zero-order valence-electron chi connectivity index (χ0n) is 10.5. The molecule has 5 heteroatoms. The van der Waals surface area contributed by atoms with Crippen LogP contribution in [0.4, 0.5) is 5.69 Å². The van der Waals surface area contributed by atoms with Gasteiger partial charge in [0.1, 0.15) is 6.10 Å². The fraction of sp³-hybridized carbons (Fsp3) is 0.286. The SMILES string of the molecule is [C-]#[N+]c1ccc(/C=C/[C@H](O)[C@@H](O)C(=O)OCC)cc1. The molecule has 0 amide bonds. The first-order chi connectivity index (χ1) is 9.08. The van der Waals surface area contributed by atoms with Crippen molar-refractivity contribution in [2.75, 3.05) is 6.61 Å². The van der Waals surface area contributed by atoms with Gasteiger partial charge in [-0.25, -0.2) is 9.64 Å². The molecule has 0 saturated carbocycles. The standard InChI is InChI=1S/C14H15NO4/c1-3-19-14(18)13(17)12(16)9-6-10-4-7-11(15-2)8-5-10/h4-9,12-13,16-17H,3H2,1H3/b9-6+/t12-,13+/m0/s1. The molecule has 2 atom stereocenters. The second kappa shape index (κ2) is 7.31. The van der Waals surface area contributed by atoms with E-state index in [2.05, 4.69) is 9.58 Å². The van der Waals surface area contributed by atoms with E-state index >= 15 is 0 Å². The van der Waals surface area contributed by atoms with E-state index in [0.717, 1.165) is 5.56 Å². The minimum atomic E-state index is -1.60. The van der Waals surface area contributed by atoms with Gasteiger partial charge in [-0.3, -0.25) is 0 Å². The summed E-state index contributed by atoms with van der Waals surface area (Å²) in [6.07, 6.45) is -0.0757. The van der Waals surface area contributed by atoms with Crippen molar-refractivity contribution in [3.8, 4) is 0 Å². The highest BCUT2D eigenvalue weighted by atomic mass is 16.5. The maximum absolute atomic E-state index is 11.2. The first kappa shape index (κ1) is 14.9. The molecule has 0 fully saturated rings. The number of hydrogen-bond acceptors (Lipinski definition) is 4. The monoisotopic (exact) mass is 261 g/mol. The number of ether oxygens (including phenoxy) is 1. The van der Waals surface area contributed by atoms with Crippen LogP contribution in [0.2, 0.25) is 0 Å². The predicted octanol–water partition coefficient (Wildman–Crippen LogP) is 1.54. The van der Waals surface area contributed by atoms with Gasteiger partial charge in [0, 0.05) is 0 Å². The highest BCUT2D eigenvalue weighted by Crippen LogP contribution is 2.14. The molecule has 0 heterocycles. The van der Waals surface area contributed by atoms with Gasteiger partial charge in [-0.1, -0.05) is 36.4 Å². The topological polar surface area (TPSA) is 71.1 Å². The Balaban J connectivity index is 2.64. The summed E-state index contributed by atoms with van der Waals surface area (Å²) in [7, 11) is 0. The number of benzene rings is 1. The lowest BCUT2D eigenvalue weighted by Crippen LogP contribution is -2.34. The van der Waals surface area contributed by atoms with Gasteiger partial charge in [0.2, 0.25) is 0 Å². The van der Waals surface area contributed by atoms with Crippen LogP contribution in [-0.2, 0) is 9.53 Å². The van der Waals surface area contributed by atoms with E-state index in [1.165, 1.54) is 6.08 Å². The molecule has 0 spiro atoms. The summed E-state index contributed by atoms with van der Waals surface area (Å²) < 4.78 is 4.59. The van der Waals surface area contributed by atoms with E-state index < -0.39 is 18.2 Å². The summed E-state index contributed by atoms with van der Waals surface area (Å²) in [4.78, 5) is 14.4. The van der Waals surface area contributed by atoms with Crippen molar-refractivity contribution in [1.82, 2.24) is 0 Å². The molecule has 0 radical (unpaired) electrons. The molecule has 0 saturated heterocycles. The number of hydrogen-bond donors (Lipinski definition) is 2. The van der Waals surface area contributed by atoms with Gasteiger partial charge in [-0.05, 0) is 12.5 Å². The Morgan fingerprint density at radius 1 is 1.42 bits per heavy atom. The molecule has 0 bridgehead atoms. The molecule has 0 aromatic heterocycles. The molecule has 19 heavy (non-hydrogen) atoms. The third-order valence-corrected chi connectivity index (χ3v) is 2.36. The number of carbonyl (C=O) groups is 1. The second-order valence-corrected chi connectivity index (χ2v) is 3.75. The summed E-state index contributed by atoms with van der Waals surface area (Å²) >= 11 is 0. The smallest absolute Gasteiger partial charge is 0.338 e. The highest BCUT2D eigenvalue weighted by molar-refractivity contribution is 5.75. The van der Waals surface area contributed by atoms with Gasteiger partial charge < -0.3 is 14.9 Å². The Labute approximate surface area is 111 Å². The van der Waals surface area contributed by atoms with E-state index in [-0.39, 0.29) is 6.61 Å². The summed E-state index contributed by atoms with van der Waals surface area (Å²) in [5.41, 5.74) is 1.27. The summed E-state index contributed by atoms with van der Waals surface area (Å²) in [5, 5.41) is 19.1. The van der Waals surface area contributed by atoms with Crippen molar-refractivity contribution in [2.45, 2.75) is 19.1 Å². The van der Waals surface area contributed by atoms with Crippen LogP contribution in [0.15, 0.2) is 30.3 Å². The van der Waals surface area contributed by atoms with Crippen molar-refractivity contribution in [1.29, 1.82) is 0 Å². The molecule has 0 aliphatic rings. The Kier molecular flexibility index (Phi) is 5.73. The molecular weight excluding hydrogens is 246 g/mol. The quantitative estimate of drug-likeness (QED) is 0.623. The first-order valence-corrected chi connectivity index (χ1v) is 5.77. The van der Waals surface area contributed by atoms with E-state index in [1.54, 1.807) is 37.3 Å². The van der Waals surface area contributed by atoms with Crippen molar-refractivity contribution < 1.29 is 19.7 Å². The van der Waals surface area contributed by atoms with E-state index in [9.17, 15) is 15.0 Å². The van der Waals surface area contributed by atoms with Crippen LogP contribution in [0.5, 0.6) is 0 Å². The third kappa shape index (κ3) is 4.54. The number of carbonyl (C=O) groups excluding carboxylic acids is 1. The maximum Gasteiger partial charge on any atom is 0.338 e. The number of nitrogens with zero attached hydrogens (tertiary/aromatic N) is 1. The lowest BCUT2D eigenvalue weighted by atomic mass is 10.1. The molecule has 1 aromatic rings. The average Bonchev–Trinajstić information content (AvgIpc) is 2.44. The van der Waals surface area contributed by atoms with Crippen molar-refractivity contribution in [3.63, 3.8) is 0 Å². The normalized spacial score (nSPS) is 13.8. The molecule has 1 rings (SSSR count). The van der Waals surface area contributed by atoms with Crippen LogP contribution < -0.4 is 0 Å². The van der Waals surface area contributed by atoms with Crippen molar-refractivity contribution in [3.05, 3.63) is 47.3 Å². The van der Waals surface area contributed by atoms with Crippen LogP contribution in [0.3, 0.4) is 0 Å². The van der Waals surface area contributed by atoms with Gasteiger partial charge >= 0.3 is 5.97 Å². The van der Waals surface area contributed by atoms with E-state index in [1.807, 2.05) is 0 Å². The summed E-state index contributed by atoms with van der Waals surface area (Å²) in [5.74, 6) is -0.858. The lowest BCUT2D eigenvalue weighted by molar-refractivity contribution is -0.157. The van der Waals surface area contributed by atoms with Gasteiger partial charge in [-0.2, -0.15) is 0 Å². The van der Waals surface area contributed by atoms with Crippen LogP contribution in [0, 0.1) is 6.57 Å². The van der Waals surface area contributed by atoms with Crippen molar-refractivity contribution >= 4 is 17.7 Å². The fourth-order valence-corrected chi connectivity index (χ4v) is 1.34. The van der Waals surface area contributed by atoms with E-state index in [0.29, 0.717) is 5.69 Å². The molecule has 0 aliphatic carbocycles. The van der Waals surface area contributed by atoms with Gasteiger partial charge in [0.15, 0.2) is 11.8 Å². The Hall–Kier alpha value is -2.16. The second-order valence-electron chi connectivity index (χ2n) is 3.75. The number of rotatable bonds is 5. The predicted molar refractivity (Wildman–Crippen MR) is 70.4 cm³/mol. The maximum atomic E-state index is 11.2. The minimum Gasteiger partial charge on any atom is -0.464 e. The van der Waals surface area contributed by atoms with Gasteiger partial charge in [0.25, 0.3) is 0 Å². The number of aliphatic hydroxyl groups is 2. The minimum absolute atomic E-state index is 0.143. The molecule has 5 nitrogen and oxygen atoms in total. The van der Waals surface area contributed by atoms with Gasteiger partial charge in [-0.15, -0.1) is 0 Å². The summed E-state index contributed by atoms with van der Waals surface area (Å²) in [6, 6.07) is 6.68. The zero-order chi connectivity index (χ0) is 14.3. The molecular formula is C14H15NO4. The summed E-state index contributed by atoms with van der Waals surface area (Å²) in [6.45, 7) is 8.57. The molecule has 0 aliphatic heterocycles. The fourth-order valence-electron chi connectivity index (χ4n) is 1.34. The Bertz CT molecular complexity index is 487. The first-order valence-electron chi connectivity index (χ1n) is 5.77. The van der Waals surface area contributed by atoms with Crippen LogP contribution in [0.25, 0.3) is 10.9 Å². The molecule has 1 aromatic carbocycles. The molecule has 0 unspecified atom stereocenters. The molecule has 2 N–H and O–H groups in total. The number of esters is 1. The average molecular weight is 261 g/mol. The Morgan fingerprint density at radius 3 is 2.58 bits per heavy atom. The zero-order valence-corrected chi connectivity index (χ0v) is 10.5. The van der Waals surface area contributed by atoms with Crippen LogP contribution in [0.1, 0.15) is 12.5 Å². The third-order valence-electron chi connectivity index (χ3n) is 2.36. The van der Waals surface area contributed by atoms with Gasteiger partial charge in [0.05, 0.1) is 13.2 Å². The highest BCUT2D eigenvalue weighted by Gasteiger charge is 2.23. The van der Waals surface area contributed by atoms with Crippen molar-refractivity contribution in [2.24, 2.45) is 0 Å². The largest absolute Gasteiger partial charge is 0.464 e. The lowest BCUT2D eigenvalue weighted by Gasteiger charge is -2.12.